The van der Waals surface area contributed by atoms with Gasteiger partial charge in [0.2, 0.25) is 0 Å². The third kappa shape index (κ3) is 2.43. The lowest BCUT2D eigenvalue weighted by Gasteiger charge is -1.99. The van der Waals surface area contributed by atoms with Crippen molar-refractivity contribution in [3.8, 4) is 11.3 Å². The van der Waals surface area contributed by atoms with E-state index in [1.54, 1.807) is 24.3 Å². The molecule has 0 saturated carbocycles. The summed E-state index contributed by atoms with van der Waals surface area (Å²) >= 11 is 5.90. The quantitative estimate of drug-likeness (QED) is 0.862. The second-order valence-electron chi connectivity index (χ2n) is 3.70. The number of benzene rings is 1. The molecule has 4 nitrogen and oxygen atoms in total. The largest absolute Gasteiger partial charge is 0.477 e. The summed E-state index contributed by atoms with van der Waals surface area (Å²) in [4.78, 5) is 11.1. The first-order chi connectivity index (χ1) is 8.61. The van der Waals surface area contributed by atoms with Crippen LogP contribution in [0.1, 0.15) is 10.5 Å². The summed E-state index contributed by atoms with van der Waals surface area (Å²) in [6.45, 7) is 3.93. The van der Waals surface area contributed by atoms with Crippen molar-refractivity contribution in [1.29, 1.82) is 0 Å². The SMILES string of the molecule is C=CCn1nc(-c2cccc(Cl)c2)cc1C(=O)O. The molecule has 0 aliphatic carbocycles. The minimum absolute atomic E-state index is 0.130. The number of aromatic carboxylic acids is 1. The lowest BCUT2D eigenvalue weighted by atomic mass is 10.1. The summed E-state index contributed by atoms with van der Waals surface area (Å²) in [5, 5.41) is 13.9. The Bertz CT molecular complexity index is 605. The summed E-state index contributed by atoms with van der Waals surface area (Å²) in [6, 6.07) is 8.65. The predicted octanol–water partition coefficient (Wildman–Crippen LogP) is 3.09. The molecule has 1 heterocycles. The number of carbonyl (C=O) groups is 1. The first kappa shape index (κ1) is 12.4. The lowest BCUT2D eigenvalue weighted by molar-refractivity contribution is 0.0684. The van der Waals surface area contributed by atoms with Crippen molar-refractivity contribution in [3.63, 3.8) is 0 Å². The second-order valence-corrected chi connectivity index (χ2v) is 4.14. The highest BCUT2D eigenvalue weighted by Gasteiger charge is 2.14. The van der Waals surface area contributed by atoms with Crippen molar-refractivity contribution in [1.82, 2.24) is 9.78 Å². The number of halogens is 1. The number of hydrogen-bond acceptors (Lipinski definition) is 2. The van der Waals surface area contributed by atoms with Gasteiger partial charge in [-0.25, -0.2) is 4.79 Å². The first-order valence-corrected chi connectivity index (χ1v) is 5.67. The van der Waals surface area contributed by atoms with Crippen LogP contribution in [0, 0.1) is 0 Å². The highest BCUT2D eigenvalue weighted by Crippen LogP contribution is 2.22. The Morgan fingerprint density at radius 1 is 1.50 bits per heavy atom. The summed E-state index contributed by atoms with van der Waals surface area (Å²) in [5.41, 5.74) is 1.49. The Morgan fingerprint density at radius 2 is 2.28 bits per heavy atom. The van der Waals surface area contributed by atoms with E-state index in [9.17, 15) is 4.79 Å². The monoisotopic (exact) mass is 262 g/mol. The number of aromatic nitrogens is 2. The number of allylic oxidation sites excluding steroid dienone is 1. The zero-order valence-corrected chi connectivity index (χ0v) is 10.3. The van der Waals surface area contributed by atoms with Crippen molar-refractivity contribution in [2.75, 3.05) is 0 Å². The average Bonchev–Trinajstić information content (AvgIpc) is 2.74. The van der Waals surface area contributed by atoms with Crippen molar-refractivity contribution < 1.29 is 9.90 Å². The molecule has 0 fully saturated rings. The zero-order valence-electron chi connectivity index (χ0n) is 9.51. The Kier molecular flexibility index (Phi) is 3.48. The highest BCUT2D eigenvalue weighted by molar-refractivity contribution is 6.30. The number of carboxylic acids is 1. The summed E-state index contributed by atoms with van der Waals surface area (Å²) in [7, 11) is 0. The van der Waals surface area contributed by atoms with Gasteiger partial charge in [-0.2, -0.15) is 5.10 Å². The fourth-order valence-electron chi connectivity index (χ4n) is 1.64. The molecule has 5 heteroatoms. The van der Waals surface area contributed by atoms with Gasteiger partial charge in [-0.1, -0.05) is 29.8 Å². The minimum atomic E-state index is -1.02. The van der Waals surface area contributed by atoms with Gasteiger partial charge in [0.15, 0.2) is 0 Å². The number of rotatable bonds is 4. The van der Waals surface area contributed by atoms with Crippen LogP contribution >= 0.6 is 11.6 Å². The van der Waals surface area contributed by atoms with Gasteiger partial charge in [0.05, 0.1) is 12.2 Å². The van der Waals surface area contributed by atoms with E-state index in [0.29, 0.717) is 17.3 Å². The van der Waals surface area contributed by atoms with Crippen LogP contribution in [0.4, 0.5) is 0 Å². The Balaban J connectivity index is 2.49. The van der Waals surface area contributed by atoms with Crippen LogP contribution in [0.5, 0.6) is 0 Å². The van der Waals surface area contributed by atoms with Gasteiger partial charge in [0.25, 0.3) is 0 Å². The maximum atomic E-state index is 11.1. The van der Waals surface area contributed by atoms with E-state index in [1.165, 1.54) is 10.7 Å². The van der Waals surface area contributed by atoms with Gasteiger partial charge in [-0.15, -0.1) is 6.58 Å². The lowest BCUT2D eigenvalue weighted by Crippen LogP contribution is -2.08. The van der Waals surface area contributed by atoms with Crippen molar-refractivity contribution in [3.05, 3.63) is 53.7 Å². The molecule has 2 rings (SSSR count). The molecule has 1 N–H and O–H groups in total. The molecule has 92 valence electrons. The average molecular weight is 263 g/mol. The van der Waals surface area contributed by atoms with Gasteiger partial charge >= 0.3 is 5.97 Å². The normalized spacial score (nSPS) is 10.3. The number of hydrogen-bond donors (Lipinski definition) is 1. The molecule has 1 aromatic heterocycles. The topological polar surface area (TPSA) is 55.1 Å². The molecule has 0 radical (unpaired) electrons. The molecule has 0 bridgehead atoms. The highest BCUT2D eigenvalue weighted by atomic mass is 35.5. The number of nitrogens with zero attached hydrogens (tertiary/aromatic N) is 2. The van der Waals surface area contributed by atoms with E-state index in [-0.39, 0.29) is 5.69 Å². The molecular weight excluding hydrogens is 252 g/mol. The standard InChI is InChI=1S/C13H11ClN2O2/c1-2-6-16-12(13(17)18)8-11(15-16)9-4-3-5-10(14)7-9/h2-5,7-8H,1,6H2,(H,17,18). The van der Waals surface area contributed by atoms with E-state index in [0.717, 1.165) is 5.56 Å². The third-order valence-electron chi connectivity index (χ3n) is 2.42. The van der Waals surface area contributed by atoms with Crippen LogP contribution in [0.3, 0.4) is 0 Å². The minimum Gasteiger partial charge on any atom is -0.477 e. The molecule has 0 aliphatic rings. The Labute approximate surface area is 109 Å². The van der Waals surface area contributed by atoms with Crippen molar-refractivity contribution >= 4 is 17.6 Å². The fraction of sp³-hybridized carbons (Fsp3) is 0.0769. The Morgan fingerprint density at radius 3 is 2.89 bits per heavy atom. The molecule has 0 amide bonds. The zero-order chi connectivity index (χ0) is 13.1. The van der Waals surface area contributed by atoms with E-state index < -0.39 is 5.97 Å². The molecule has 1 aromatic carbocycles. The van der Waals surface area contributed by atoms with Gasteiger partial charge in [0.1, 0.15) is 5.69 Å². The fourth-order valence-corrected chi connectivity index (χ4v) is 1.83. The van der Waals surface area contributed by atoms with E-state index in [2.05, 4.69) is 11.7 Å². The predicted molar refractivity (Wildman–Crippen MR) is 69.8 cm³/mol. The number of carboxylic acid groups (broad SMARTS) is 1. The van der Waals surface area contributed by atoms with Crippen LogP contribution in [0.2, 0.25) is 5.02 Å². The van der Waals surface area contributed by atoms with Crippen LogP contribution in [-0.2, 0) is 6.54 Å². The van der Waals surface area contributed by atoms with Gasteiger partial charge < -0.3 is 5.11 Å². The maximum Gasteiger partial charge on any atom is 0.354 e. The second kappa shape index (κ2) is 5.06. The van der Waals surface area contributed by atoms with Gasteiger partial charge in [0, 0.05) is 10.6 Å². The Hall–Kier alpha value is -2.07. The van der Waals surface area contributed by atoms with Gasteiger partial charge in [-0.05, 0) is 18.2 Å². The van der Waals surface area contributed by atoms with E-state index in [1.807, 2.05) is 6.07 Å². The van der Waals surface area contributed by atoms with Crippen LogP contribution in [-0.4, -0.2) is 20.9 Å². The first-order valence-electron chi connectivity index (χ1n) is 5.30. The molecule has 0 spiro atoms. The molecule has 0 aliphatic heterocycles. The van der Waals surface area contributed by atoms with Crippen LogP contribution in [0.15, 0.2) is 43.0 Å². The summed E-state index contributed by atoms with van der Waals surface area (Å²) in [6.07, 6.45) is 1.60. The molecule has 0 atom stereocenters. The molecule has 0 unspecified atom stereocenters. The maximum absolute atomic E-state index is 11.1. The van der Waals surface area contributed by atoms with Crippen molar-refractivity contribution in [2.45, 2.75) is 6.54 Å². The third-order valence-corrected chi connectivity index (χ3v) is 2.66. The molecular formula is C13H11ClN2O2. The summed E-state index contributed by atoms with van der Waals surface area (Å²) < 4.78 is 1.39. The van der Waals surface area contributed by atoms with E-state index in [4.69, 9.17) is 16.7 Å². The molecule has 0 saturated heterocycles. The molecule has 2 aromatic rings. The van der Waals surface area contributed by atoms with Crippen LogP contribution < -0.4 is 0 Å². The molecule has 18 heavy (non-hydrogen) atoms. The van der Waals surface area contributed by atoms with Crippen molar-refractivity contribution in [2.24, 2.45) is 0 Å². The van der Waals surface area contributed by atoms with E-state index >= 15 is 0 Å². The summed E-state index contributed by atoms with van der Waals surface area (Å²) in [5.74, 6) is -1.02. The van der Waals surface area contributed by atoms with Crippen LogP contribution in [0.25, 0.3) is 11.3 Å². The van der Waals surface area contributed by atoms with Gasteiger partial charge in [-0.3, -0.25) is 4.68 Å². The smallest absolute Gasteiger partial charge is 0.354 e.